The van der Waals surface area contributed by atoms with Crippen molar-refractivity contribution in [2.24, 2.45) is 0 Å². The van der Waals surface area contributed by atoms with Crippen molar-refractivity contribution in [2.45, 2.75) is 63.8 Å². The van der Waals surface area contributed by atoms with Crippen LogP contribution >= 0.6 is 0 Å². The Morgan fingerprint density at radius 1 is 1.26 bits per heavy atom. The predicted octanol–water partition coefficient (Wildman–Crippen LogP) is 3.90. The average Bonchev–Trinajstić information content (AvgIpc) is 2.51. The summed E-state index contributed by atoms with van der Waals surface area (Å²) < 4.78 is 12.0. The summed E-state index contributed by atoms with van der Waals surface area (Å²) >= 11 is 0. The molecular formula is C19H23BO2Y-. The second kappa shape index (κ2) is 8.82. The first-order chi connectivity index (χ1) is 10.1. The molecule has 1 saturated heterocycles. The van der Waals surface area contributed by atoms with Gasteiger partial charge in [-0.2, -0.15) is 0 Å². The molecule has 1 aliphatic carbocycles. The third-order valence-corrected chi connectivity index (χ3v) is 4.76. The van der Waals surface area contributed by atoms with E-state index in [0.29, 0.717) is 0 Å². The van der Waals surface area contributed by atoms with Gasteiger partial charge in [-0.05, 0) is 48.6 Å². The standard InChI is InChI=1S/C19H23O2.B.Y/c1-4-14-8-9-16-15(13-14)17(10-11-19(16,2)3)21-18-7-5-6-12-20-18;;/h8-9,13,17-18H,5-7,10-12H2,2-3H3;;/q-1;;. The maximum absolute atomic E-state index is 7.36. The Balaban J connectivity index is 0.00000132. The Hall–Kier alpha value is -0.131. The SMILES string of the molecule is [B].[C-]#Cc1ccc2c(c1)C(OC1CCCCO1)CCC2(C)C.[Y]. The predicted molar refractivity (Wildman–Crippen MR) is 88.1 cm³/mol. The molecule has 23 heavy (non-hydrogen) atoms. The molecule has 1 fully saturated rings. The summed E-state index contributed by atoms with van der Waals surface area (Å²) in [6.45, 7) is 5.38. The molecule has 0 N–H and O–H groups in total. The molecule has 2 unspecified atom stereocenters. The molecule has 4 heteroatoms. The van der Waals surface area contributed by atoms with E-state index in [1.165, 1.54) is 17.5 Å². The zero-order valence-electron chi connectivity index (χ0n) is 14.1. The van der Waals surface area contributed by atoms with Crippen LogP contribution in [0, 0.1) is 12.3 Å². The molecule has 0 amide bonds. The van der Waals surface area contributed by atoms with Gasteiger partial charge in [0.2, 0.25) is 0 Å². The van der Waals surface area contributed by atoms with E-state index in [1.807, 2.05) is 6.07 Å². The van der Waals surface area contributed by atoms with Gasteiger partial charge in [-0.1, -0.05) is 19.9 Å². The van der Waals surface area contributed by atoms with Crippen LogP contribution in [0.25, 0.3) is 0 Å². The molecule has 0 aromatic heterocycles. The van der Waals surface area contributed by atoms with Gasteiger partial charge >= 0.3 is 0 Å². The fourth-order valence-electron chi connectivity index (χ4n) is 3.45. The molecule has 118 valence electrons. The van der Waals surface area contributed by atoms with Gasteiger partial charge in [0.05, 0.1) is 6.10 Å². The van der Waals surface area contributed by atoms with Crippen LogP contribution in [0.3, 0.4) is 0 Å². The van der Waals surface area contributed by atoms with Gasteiger partial charge < -0.3 is 15.9 Å². The molecular weight excluding hydrogens is 360 g/mol. The van der Waals surface area contributed by atoms with E-state index >= 15 is 0 Å². The Morgan fingerprint density at radius 2 is 2.04 bits per heavy atom. The molecule has 1 aromatic rings. The largest absolute Gasteiger partial charge is 0.366 e. The van der Waals surface area contributed by atoms with Crippen molar-refractivity contribution in [1.82, 2.24) is 0 Å². The van der Waals surface area contributed by atoms with E-state index in [9.17, 15) is 0 Å². The van der Waals surface area contributed by atoms with E-state index in [2.05, 4.69) is 31.9 Å². The summed E-state index contributed by atoms with van der Waals surface area (Å²) in [5.74, 6) is 2.49. The first-order valence-corrected chi connectivity index (χ1v) is 7.94. The first kappa shape index (κ1) is 20.9. The maximum atomic E-state index is 7.36. The Morgan fingerprint density at radius 3 is 2.70 bits per heavy atom. The molecule has 2 atom stereocenters. The van der Waals surface area contributed by atoms with Crippen LogP contribution in [-0.4, -0.2) is 21.3 Å². The fourth-order valence-corrected chi connectivity index (χ4v) is 3.45. The first-order valence-electron chi connectivity index (χ1n) is 7.94. The quantitative estimate of drug-likeness (QED) is 0.438. The van der Waals surface area contributed by atoms with E-state index in [4.69, 9.17) is 15.9 Å². The molecule has 1 aromatic carbocycles. The van der Waals surface area contributed by atoms with Gasteiger partial charge in [-0.25, -0.2) is 0 Å². The molecule has 2 nitrogen and oxygen atoms in total. The van der Waals surface area contributed by atoms with Crippen molar-refractivity contribution in [3.05, 3.63) is 41.3 Å². The van der Waals surface area contributed by atoms with E-state index in [0.717, 1.165) is 37.9 Å². The van der Waals surface area contributed by atoms with Gasteiger partial charge in [0.25, 0.3) is 0 Å². The topological polar surface area (TPSA) is 18.5 Å². The Bertz CT molecular complexity index is 559. The summed E-state index contributed by atoms with van der Waals surface area (Å²) in [7, 11) is 0. The second-order valence-electron chi connectivity index (χ2n) is 6.77. The number of hydrogen-bond acceptors (Lipinski definition) is 2. The van der Waals surface area contributed by atoms with Gasteiger partial charge in [0, 0.05) is 47.7 Å². The number of benzene rings is 1. The van der Waals surface area contributed by atoms with Crippen molar-refractivity contribution < 1.29 is 42.2 Å². The van der Waals surface area contributed by atoms with Gasteiger partial charge in [-0.3, -0.25) is 5.92 Å². The normalized spacial score (nSPS) is 25.3. The van der Waals surface area contributed by atoms with Crippen LogP contribution in [0.2, 0.25) is 0 Å². The smallest absolute Gasteiger partial charge is 0.158 e. The van der Waals surface area contributed by atoms with Gasteiger partial charge in [0.15, 0.2) is 6.29 Å². The van der Waals surface area contributed by atoms with Gasteiger partial charge in [-0.15, -0.1) is 17.7 Å². The minimum Gasteiger partial charge on any atom is -0.366 e. The van der Waals surface area contributed by atoms with Gasteiger partial charge in [0.1, 0.15) is 0 Å². The summed E-state index contributed by atoms with van der Waals surface area (Å²) in [4.78, 5) is 0. The zero-order valence-corrected chi connectivity index (χ0v) is 16.9. The minimum absolute atomic E-state index is 0. The molecule has 1 heterocycles. The fraction of sp³-hybridized carbons (Fsp3) is 0.579. The molecule has 2 aliphatic rings. The third-order valence-electron chi connectivity index (χ3n) is 4.76. The maximum Gasteiger partial charge on any atom is 0.158 e. The van der Waals surface area contributed by atoms with Crippen molar-refractivity contribution in [1.29, 1.82) is 0 Å². The molecule has 3 rings (SSSR count). The minimum atomic E-state index is -0.0644. The second-order valence-corrected chi connectivity index (χ2v) is 6.77. The average molecular weight is 383 g/mol. The number of hydrogen-bond donors (Lipinski definition) is 0. The summed E-state index contributed by atoms with van der Waals surface area (Å²) in [6, 6.07) is 6.19. The van der Waals surface area contributed by atoms with Crippen molar-refractivity contribution in [2.75, 3.05) is 6.61 Å². The van der Waals surface area contributed by atoms with Crippen LogP contribution < -0.4 is 0 Å². The monoisotopic (exact) mass is 383 g/mol. The molecule has 0 spiro atoms. The summed E-state index contributed by atoms with van der Waals surface area (Å²) in [5.41, 5.74) is 3.55. The Labute approximate surface area is 167 Å². The van der Waals surface area contributed by atoms with Crippen molar-refractivity contribution in [3.8, 4) is 5.92 Å². The van der Waals surface area contributed by atoms with Crippen LogP contribution in [0.1, 0.15) is 68.7 Å². The van der Waals surface area contributed by atoms with Crippen LogP contribution in [-0.2, 0) is 47.6 Å². The van der Waals surface area contributed by atoms with E-state index in [-0.39, 0.29) is 58.9 Å². The third kappa shape index (κ3) is 4.70. The van der Waals surface area contributed by atoms with Crippen LogP contribution in [0.5, 0.6) is 0 Å². The van der Waals surface area contributed by atoms with E-state index in [1.54, 1.807) is 0 Å². The summed E-state index contributed by atoms with van der Waals surface area (Å²) in [5, 5.41) is 0. The molecule has 4 radical (unpaired) electrons. The zero-order chi connectivity index (χ0) is 14.9. The Kier molecular flexibility index (Phi) is 8.02. The van der Waals surface area contributed by atoms with Crippen molar-refractivity contribution >= 4 is 8.41 Å². The summed E-state index contributed by atoms with van der Waals surface area (Å²) in [6.07, 6.45) is 12.8. The van der Waals surface area contributed by atoms with E-state index < -0.39 is 0 Å². The van der Waals surface area contributed by atoms with Crippen LogP contribution in [0.4, 0.5) is 0 Å². The number of ether oxygens (including phenoxy) is 2. The molecule has 0 bridgehead atoms. The number of fused-ring (bicyclic) bond motifs is 1. The van der Waals surface area contributed by atoms with Crippen LogP contribution in [0.15, 0.2) is 18.2 Å². The molecule has 0 saturated carbocycles. The van der Waals surface area contributed by atoms with Crippen molar-refractivity contribution in [3.63, 3.8) is 0 Å². The molecule has 1 aliphatic heterocycles. The number of rotatable bonds is 2.